The molecule has 0 fully saturated rings. The van der Waals surface area contributed by atoms with Gasteiger partial charge in [0, 0.05) is 15.6 Å². The minimum Gasteiger partial charge on any atom is -0.384 e. The molecule has 6 heteroatoms. The zero-order chi connectivity index (χ0) is 14.0. The van der Waals surface area contributed by atoms with E-state index in [1.54, 1.807) is 6.07 Å². The van der Waals surface area contributed by atoms with Crippen molar-refractivity contribution in [3.05, 3.63) is 38.7 Å². The fraction of sp³-hybridized carbons (Fsp3) is 0.231. The van der Waals surface area contributed by atoms with Gasteiger partial charge >= 0.3 is 0 Å². The molecule has 2 aromatic rings. The number of benzene rings is 1. The summed E-state index contributed by atoms with van der Waals surface area (Å²) in [6.45, 7) is 4.05. The molecule has 3 N–H and O–H groups in total. The third kappa shape index (κ3) is 3.70. The summed E-state index contributed by atoms with van der Waals surface area (Å²) in [6.07, 6.45) is 0. The van der Waals surface area contributed by atoms with Crippen LogP contribution in [0.2, 0.25) is 5.02 Å². The van der Waals surface area contributed by atoms with Gasteiger partial charge in [0.05, 0.1) is 10.7 Å². The maximum atomic E-state index is 6.18. The number of hydrogen-bond donors (Lipinski definition) is 2. The van der Waals surface area contributed by atoms with E-state index in [2.05, 4.69) is 37.9 Å². The third-order valence-electron chi connectivity index (χ3n) is 2.47. The van der Waals surface area contributed by atoms with E-state index in [-0.39, 0.29) is 5.92 Å². The normalized spacial score (nSPS) is 10.8. The Labute approximate surface area is 130 Å². The molecule has 4 nitrogen and oxygen atoms in total. The lowest BCUT2D eigenvalue weighted by molar-refractivity contribution is 0.779. The number of nitrogen functional groups attached to an aromatic ring is 1. The molecule has 0 spiro atoms. The van der Waals surface area contributed by atoms with Crippen molar-refractivity contribution in [2.75, 3.05) is 11.1 Å². The maximum Gasteiger partial charge on any atom is 0.136 e. The first kappa shape index (κ1) is 14.3. The molecular formula is C13H14ClIN4. The van der Waals surface area contributed by atoms with Crippen LogP contribution in [-0.2, 0) is 0 Å². The maximum absolute atomic E-state index is 6.18. The lowest BCUT2D eigenvalue weighted by atomic mass is 10.2. The zero-order valence-corrected chi connectivity index (χ0v) is 13.5. The first-order valence-electron chi connectivity index (χ1n) is 5.82. The number of nitrogens with two attached hydrogens (primary N) is 1. The minimum atomic E-state index is 0.219. The van der Waals surface area contributed by atoms with Crippen molar-refractivity contribution in [2.24, 2.45) is 0 Å². The lowest BCUT2D eigenvalue weighted by Gasteiger charge is -2.11. The van der Waals surface area contributed by atoms with Crippen molar-refractivity contribution < 1.29 is 0 Å². The second-order valence-corrected chi connectivity index (χ2v) is 6.09. The number of anilines is 3. The Morgan fingerprint density at radius 1 is 1.26 bits per heavy atom. The quantitative estimate of drug-likeness (QED) is 0.774. The fourth-order valence-corrected chi connectivity index (χ4v) is 2.44. The predicted octanol–water partition coefficient (Wildman–Crippen LogP) is 4.18. The Kier molecular flexibility index (Phi) is 4.46. The SMILES string of the molecule is CC(C)c1nc(N)cc(Nc2ccc(I)cc2Cl)n1. The number of hydrogen-bond acceptors (Lipinski definition) is 4. The molecule has 0 saturated carbocycles. The van der Waals surface area contributed by atoms with Gasteiger partial charge in [-0.25, -0.2) is 9.97 Å². The van der Waals surface area contributed by atoms with Crippen molar-refractivity contribution in [2.45, 2.75) is 19.8 Å². The molecule has 0 aliphatic rings. The number of halogens is 2. The minimum absolute atomic E-state index is 0.219. The van der Waals surface area contributed by atoms with Crippen molar-refractivity contribution in [3.8, 4) is 0 Å². The van der Waals surface area contributed by atoms with Crippen LogP contribution in [0.4, 0.5) is 17.3 Å². The molecule has 0 bridgehead atoms. The van der Waals surface area contributed by atoms with Crippen molar-refractivity contribution >= 4 is 51.5 Å². The average Bonchev–Trinajstić information content (AvgIpc) is 2.32. The highest BCUT2D eigenvalue weighted by Gasteiger charge is 2.08. The van der Waals surface area contributed by atoms with Gasteiger partial charge in [-0.15, -0.1) is 0 Å². The van der Waals surface area contributed by atoms with Crippen molar-refractivity contribution in [3.63, 3.8) is 0 Å². The van der Waals surface area contributed by atoms with E-state index in [4.69, 9.17) is 17.3 Å². The van der Waals surface area contributed by atoms with E-state index in [1.807, 2.05) is 32.0 Å². The highest BCUT2D eigenvalue weighted by Crippen LogP contribution is 2.27. The summed E-state index contributed by atoms with van der Waals surface area (Å²) in [5, 5.41) is 3.82. The number of nitrogens with zero attached hydrogens (tertiary/aromatic N) is 2. The van der Waals surface area contributed by atoms with Gasteiger partial charge < -0.3 is 11.1 Å². The van der Waals surface area contributed by atoms with E-state index in [9.17, 15) is 0 Å². The summed E-state index contributed by atoms with van der Waals surface area (Å²) in [4.78, 5) is 8.63. The number of aromatic nitrogens is 2. The second-order valence-electron chi connectivity index (χ2n) is 4.44. The largest absolute Gasteiger partial charge is 0.384 e. The van der Waals surface area contributed by atoms with Crippen LogP contribution in [0.15, 0.2) is 24.3 Å². The summed E-state index contributed by atoms with van der Waals surface area (Å²) < 4.78 is 1.08. The van der Waals surface area contributed by atoms with E-state index < -0.39 is 0 Å². The summed E-state index contributed by atoms with van der Waals surface area (Å²) >= 11 is 8.39. The number of nitrogens with one attached hydrogen (secondary N) is 1. The Bertz CT molecular complexity index is 601. The van der Waals surface area contributed by atoms with Gasteiger partial charge in [0.1, 0.15) is 17.5 Å². The predicted molar refractivity (Wildman–Crippen MR) is 88.0 cm³/mol. The average molecular weight is 389 g/mol. The third-order valence-corrected chi connectivity index (χ3v) is 3.46. The summed E-state index contributed by atoms with van der Waals surface area (Å²) in [7, 11) is 0. The molecule has 1 aromatic heterocycles. The molecular weight excluding hydrogens is 375 g/mol. The molecule has 0 aliphatic carbocycles. The highest BCUT2D eigenvalue weighted by atomic mass is 127. The number of rotatable bonds is 3. The first-order valence-corrected chi connectivity index (χ1v) is 7.28. The standard InChI is InChI=1S/C13H14ClIN4/c1-7(2)13-18-11(16)6-12(19-13)17-10-4-3-8(15)5-9(10)14/h3-7H,1-2H3,(H3,16,17,18,19). The van der Waals surface area contributed by atoms with Crippen LogP contribution in [0.5, 0.6) is 0 Å². The van der Waals surface area contributed by atoms with Crippen molar-refractivity contribution in [1.82, 2.24) is 9.97 Å². The van der Waals surface area contributed by atoms with Crippen LogP contribution in [0.25, 0.3) is 0 Å². The lowest BCUT2D eigenvalue weighted by Crippen LogP contribution is -2.05. The van der Waals surface area contributed by atoms with Crippen LogP contribution in [0, 0.1) is 3.57 Å². The van der Waals surface area contributed by atoms with Gasteiger partial charge in [0.2, 0.25) is 0 Å². The fourth-order valence-electron chi connectivity index (χ4n) is 1.54. The van der Waals surface area contributed by atoms with Gasteiger partial charge in [-0.3, -0.25) is 0 Å². The zero-order valence-electron chi connectivity index (χ0n) is 10.6. The molecule has 0 saturated heterocycles. The smallest absolute Gasteiger partial charge is 0.136 e. The molecule has 19 heavy (non-hydrogen) atoms. The Morgan fingerprint density at radius 3 is 2.63 bits per heavy atom. The molecule has 0 radical (unpaired) electrons. The van der Waals surface area contributed by atoms with Gasteiger partial charge in [0.15, 0.2) is 0 Å². The molecule has 0 unspecified atom stereocenters. The van der Waals surface area contributed by atoms with Crippen LogP contribution >= 0.6 is 34.2 Å². The van der Waals surface area contributed by atoms with Gasteiger partial charge in [-0.1, -0.05) is 25.4 Å². The van der Waals surface area contributed by atoms with Gasteiger partial charge in [-0.05, 0) is 40.8 Å². The topological polar surface area (TPSA) is 63.8 Å². The van der Waals surface area contributed by atoms with Gasteiger partial charge in [0.25, 0.3) is 0 Å². The van der Waals surface area contributed by atoms with Crippen LogP contribution < -0.4 is 11.1 Å². The molecule has 1 aromatic carbocycles. The van der Waals surface area contributed by atoms with E-state index in [1.165, 1.54) is 0 Å². The molecule has 100 valence electrons. The molecule has 2 rings (SSSR count). The highest BCUT2D eigenvalue weighted by molar-refractivity contribution is 14.1. The van der Waals surface area contributed by atoms with Gasteiger partial charge in [-0.2, -0.15) is 0 Å². The van der Waals surface area contributed by atoms with E-state index in [0.717, 1.165) is 9.26 Å². The molecule has 1 heterocycles. The van der Waals surface area contributed by atoms with E-state index in [0.29, 0.717) is 22.5 Å². The summed E-state index contributed by atoms with van der Waals surface area (Å²) in [5.41, 5.74) is 6.59. The Hall–Kier alpha value is -1.08. The van der Waals surface area contributed by atoms with Crippen LogP contribution in [0.1, 0.15) is 25.6 Å². The second kappa shape index (κ2) is 5.92. The molecule has 0 aliphatic heterocycles. The Balaban J connectivity index is 2.32. The first-order chi connectivity index (χ1) is 8.95. The Morgan fingerprint density at radius 2 is 2.00 bits per heavy atom. The monoisotopic (exact) mass is 388 g/mol. The molecule has 0 amide bonds. The molecule has 0 atom stereocenters. The van der Waals surface area contributed by atoms with Crippen LogP contribution in [0.3, 0.4) is 0 Å². The summed E-state index contributed by atoms with van der Waals surface area (Å²) in [6, 6.07) is 7.47. The van der Waals surface area contributed by atoms with Crippen LogP contribution in [-0.4, -0.2) is 9.97 Å². The summed E-state index contributed by atoms with van der Waals surface area (Å²) in [5.74, 6) is 2.03. The van der Waals surface area contributed by atoms with Crippen molar-refractivity contribution in [1.29, 1.82) is 0 Å². The van der Waals surface area contributed by atoms with E-state index >= 15 is 0 Å².